The fraction of sp³-hybridized carbons (Fsp3) is 0.179. The number of carbonyl (C=O) groups is 2. The van der Waals surface area contributed by atoms with Crippen molar-refractivity contribution in [2.24, 2.45) is 0 Å². The Balaban J connectivity index is 1.29. The van der Waals surface area contributed by atoms with Crippen LogP contribution in [0.25, 0.3) is 33.2 Å². The van der Waals surface area contributed by atoms with Crippen LogP contribution in [0.15, 0.2) is 72.9 Å². The quantitative estimate of drug-likeness (QED) is 0.299. The summed E-state index contributed by atoms with van der Waals surface area (Å²) in [6.45, 7) is 3.06. The summed E-state index contributed by atoms with van der Waals surface area (Å²) in [6.07, 6.45) is 0.369. The summed E-state index contributed by atoms with van der Waals surface area (Å²) >= 11 is 0. The number of nitrogens with zero attached hydrogens (tertiary/aromatic N) is 5. The molecule has 0 atom stereocenters. The molecule has 0 saturated carbocycles. The monoisotopic (exact) mass is 523 g/mol. The SMILES string of the molecule is O=C(CN1CCOCC1)Nc1cccc(-c2nc(Nc3ccc4c(cnn4C(=O)O)c3)c3ccccc3n2)c1. The van der Waals surface area contributed by atoms with Crippen LogP contribution in [0, 0.1) is 0 Å². The second-order valence-electron chi connectivity index (χ2n) is 9.17. The largest absolute Gasteiger partial charge is 0.463 e. The second kappa shape index (κ2) is 10.5. The first-order chi connectivity index (χ1) is 19.0. The van der Waals surface area contributed by atoms with Crippen molar-refractivity contribution >= 4 is 51.0 Å². The summed E-state index contributed by atoms with van der Waals surface area (Å²) in [6, 6.07) is 20.4. The van der Waals surface area contributed by atoms with E-state index in [-0.39, 0.29) is 5.91 Å². The van der Waals surface area contributed by atoms with Crippen molar-refractivity contribution in [3.8, 4) is 11.4 Å². The van der Waals surface area contributed by atoms with E-state index in [1.165, 1.54) is 6.20 Å². The number of nitrogens with one attached hydrogen (secondary N) is 2. The second-order valence-corrected chi connectivity index (χ2v) is 9.17. The molecule has 2 aromatic heterocycles. The van der Waals surface area contributed by atoms with Crippen molar-refractivity contribution in [1.82, 2.24) is 24.6 Å². The van der Waals surface area contributed by atoms with E-state index in [2.05, 4.69) is 20.6 Å². The molecule has 1 fully saturated rings. The molecule has 11 heteroatoms. The van der Waals surface area contributed by atoms with Gasteiger partial charge in [-0.05, 0) is 42.5 Å². The zero-order valence-corrected chi connectivity index (χ0v) is 20.9. The number of carboxylic acid groups (broad SMARTS) is 1. The first kappa shape index (κ1) is 24.5. The number of anilines is 3. The van der Waals surface area contributed by atoms with Crippen LogP contribution >= 0.6 is 0 Å². The molecule has 3 aromatic carbocycles. The summed E-state index contributed by atoms with van der Waals surface area (Å²) in [7, 11) is 0. The zero-order chi connectivity index (χ0) is 26.8. The molecule has 0 radical (unpaired) electrons. The minimum absolute atomic E-state index is 0.0857. The van der Waals surface area contributed by atoms with E-state index >= 15 is 0 Å². The third kappa shape index (κ3) is 5.26. The van der Waals surface area contributed by atoms with Crippen LogP contribution in [-0.2, 0) is 9.53 Å². The van der Waals surface area contributed by atoms with Gasteiger partial charge in [0.15, 0.2) is 5.82 Å². The summed E-state index contributed by atoms with van der Waals surface area (Å²) in [5.74, 6) is 1.01. The fourth-order valence-electron chi connectivity index (χ4n) is 4.60. The predicted molar refractivity (Wildman–Crippen MR) is 147 cm³/mol. The van der Waals surface area contributed by atoms with Crippen molar-refractivity contribution < 1.29 is 19.4 Å². The van der Waals surface area contributed by atoms with Crippen LogP contribution in [0.2, 0.25) is 0 Å². The maximum atomic E-state index is 12.6. The molecule has 5 aromatic rings. The standard InChI is InChI=1S/C28H25N7O4/c36-25(17-34-10-12-39-13-11-34)30-20-5-3-4-18(14-20)26-32-23-7-2-1-6-22(23)27(33-26)31-21-8-9-24-19(15-21)16-29-35(24)28(37)38/h1-9,14-16H,10-13,17H2,(H,30,36)(H,37,38)(H,31,32,33). The van der Waals surface area contributed by atoms with Gasteiger partial charge in [-0.15, -0.1) is 0 Å². The minimum Gasteiger partial charge on any atom is -0.463 e. The van der Waals surface area contributed by atoms with Crippen molar-refractivity contribution in [1.29, 1.82) is 0 Å². The summed E-state index contributed by atoms with van der Waals surface area (Å²) in [5, 5.41) is 21.1. The highest BCUT2D eigenvalue weighted by molar-refractivity contribution is 5.95. The van der Waals surface area contributed by atoms with Crippen molar-refractivity contribution in [3.05, 3.63) is 72.9 Å². The summed E-state index contributed by atoms with van der Waals surface area (Å²) in [4.78, 5) is 35.7. The average molecular weight is 524 g/mol. The summed E-state index contributed by atoms with van der Waals surface area (Å²) in [5.41, 5.74) is 3.40. The number of benzene rings is 3. The Kier molecular flexibility index (Phi) is 6.57. The van der Waals surface area contributed by atoms with Crippen molar-refractivity contribution in [2.45, 2.75) is 0 Å². The third-order valence-electron chi connectivity index (χ3n) is 6.49. The van der Waals surface area contributed by atoms with Crippen LogP contribution < -0.4 is 10.6 Å². The highest BCUT2D eigenvalue weighted by atomic mass is 16.5. The van der Waals surface area contributed by atoms with E-state index in [0.29, 0.717) is 48.0 Å². The number of fused-ring (bicyclic) bond motifs is 2. The number of amides is 1. The molecule has 1 aliphatic heterocycles. The summed E-state index contributed by atoms with van der Waals surface area (Å²) < 4.78 is 6.29. The molecule has 1 saturated heterocycles. The number of hydrogen-bond acceptors (Lipinski definition) is 8. The van der Waals surface area contributed by atoms with Gasteiger partial charge in [0, 0.05) is 40.8 Å². The van der Waals surface area contributed by atoms with E-state index in [9.17, 15) is 14.7 Å². The van der Waals surface area contributed by atoms with Gasteiger partial charge in [-0.25, -0.2) is 14.8 Å². The molecule has 0 unspecified atom stereocenters. The van der Waals surface area contributed by atoms with E-state index in [4.69, 9.17) is 14.7 Å². The predicted octanol–water partition coefficient (Wildman–Crippen LogP) is 4.19. The lowest BCUT2D eigenvalue weighted by atomic mass is 10.1. The zero-order valence-electron chi connectivity index (χ0n) is 20.9. The Hall–Kier alpha value is -4.87. The Bertz CT molecular complexity index is 1690. The number of rotatable bonds is 6. The molecular formula is C28H25N7O4. The van der Waals surface area contributed by atoms with Crippen LogP contribution in [0.4, 0.5) is 22.0 Å². The molecule has 39 heavy (non-hydrogen) atoms. The Labute approximate surface area is 223 Å². The van der Waals surface area contributed by atoms with Gasteiger partial charge in [0.25, 0.3) is 0 Å². The van der Waals surface area contributed by atoms with E-state index in [0.717, 1.165) is 39.9 Å². The maximum Gasteiger partial charge on any atom is 0.432 e. The van der Waals surface area contributed by atoms with Gasteiger partial charge >= 0.3 is 6.09 Å². The first-order valence-electron chi connectivity index (χ1n) is 12.5. The van der Waals surface area contributed by atoms with Gasteiger partial charge in [0.1, 0.15) is 5.82 Å². The van der Waals surface area contributed by atoms with Gasteiger partial charge in [-0.1, -0.05) is 24.3 Å². The van der Waals surface area contributed by atoms with E-state index in [1.54, 1.807) is 12.1 Å². The Morgan fingerprint density at radius 1 is 0.949 bits per heavy atom. The van der Waals surface area contributed by atoms with Crippen LogP contribution in [0.5, 0.6) is 0 Å². The molecule has 6 rings (SSSR count). The molecule has 11 nitrogen and oxygen atoms in total. The minimum atomic E-state index is -1.14. The average Bonchev–Trinajstić information content (AvgIpc) is 3.37. The molecule has 196 valence electrons. The van der Waals surface area contributed by atoms with Crippen LogP contribution in [0.1, 0.15) is 0 Å². The maximum absolute atomic E-state index is 12.6. The molecular weight excluding hydrogens is 498 g/mol. The number of para-hydroxylation sites is 1. The number of hydrogen-bond donors (Lipinski definition) is 3. The Morgan fingerprint density at radius 2 is 1.79 bits per heavy atom. The molecule has 3 N–H and O–H groups in total. The lowest BCUT2D eigenvalue weighted by Gasteiger charge is -2.25. The molecule has 3 heterocycles. The molecule has 0 bridgehead atoms. The molecule has 1 aliphatic rings. The molecule has 0 spiro atoms. The number of morpholine rings is 1. The topological polar surface area (TPSA) is 134 Å². The number of aromatic nitrogens is 4. The van der Waals surface area contributed by atoms with Crippen molar-refractivity contribution in [3.63, 3.8) is 0 Å². The highest BCUT2D eigenvalue weighted by Gasteiger charge is 2.16. The molecule has 0 aliphatic carbocycles. The highest BCUT2D eigenvalue weighted by Crippen LogP contribution is 2.29. The number of carbonyl (C=O) groups excluding carboxylic acids is 1. The first-order valence-corrected chi connectivity index (χ1v) is 12.5. The normalized spacial score (nSPS) is 13.9. The van der Waals surface area contributed by atoms with Crippen LogP contribution in [0.3, 0.4) is 0 Å². The van der Waals surface area contributed by atoms with Gasteiger partial charge in [-0.3, -0.25) is 9.69 Å². The third-order valence-corrected chi connectivity index (χ3v) is 6.49. The van der Waals surface area contributed by atoms with Crippen LogP contribution in [-0.4, -0.2) is 74.6 Å². The molecule has 1 amide bonds. The lowest BCUT2D eigenvalue weighted by Crippen LogP contribution is -2.41. The fourth-order valence-corrected chi connectivity index (χ4v) is 4.60. The van der Waals surface area contributed by atoms with Crippen molar-refractivity contribution in [2.75, 3.05) is 43.5 Å². The van der Waals surface area contributed by atoms with Gasteiger partial charge < -0.3 is 20.5 Å². The van der Waals surface area contributed by atoms with Gasteiger partial charge in [0.05, 0.1) is 37.0 Å². The smallest absolute Gasteiger partial charge is 0.432 e. The van der Waals surface area contributed by atoms with E-state index in [1.807, 2.05) is 54.6 Å². The number of ether oxygens (including phenoxy) is 1. The van der Waals surface area contributed by atoms with E-state index < -0.39 is 6.09 Å². The Morgan fingerprint density at radius 3 is 2.64 bits per heavy atom. The van der Waals surface area contributed by atoms with Gasteiger partial charge in [0.2, 0.25) is 5.91 Å². The lowest BCUT2D eigenvalue weighted by molar-refractivity contribution is -0.118. The van der Waals surface area contributed by atoms with Gasteiger partial charge in [-0.2, -0.15) is 9.78 Å².